The van der Waals surface area contributed by atoms with E-state index in [0.717, 1.165) is 43.3 Å². The average molecular weight is 401 g/mol. The van der Waals surface area contributed by atoms with Crippen molar-refractivity contribution in [1.82, 2.24) is 15.5 Å². The molecule has 1 saturated heterocycles. The molecule has 1 aromatic heterocycles. The van der Waals surface area contributed by atoms with Gasteiger partial charge in [-0.2, -0.15) is 10.2 Å². The van der Waals surface area contributed by atoms with Crippen LogP contribution in [0.2, 0.25) is 0 Å². The van der Waals surface area contributed by atoms with Gasteiger partial charge in [0.25, 0.3) is 6.43 Å². The fourth-order valence-electron chi connectivity index (χ4n) is 3.66. The quantitative estimate of drug-likeness (QED) is 0.668. The standard InChI is InChI=1S/C21H22F3N5/c1-13(15-3-2-4-16(20(15)22)21(23)24)27-19-12-26-28-18-6-5-14(11-17(18)19)29-9-7-25-8-10-29/h2-6,11-13,21,25H,7-10H2,1H3,(H,27,28)/t13-/m1/s1. The maximum Gasteiger partial charge on any atom is 0.266 e. The summed E-state index contributed by atoms with van der Waals surface area (Å²) in [6.07, 6.45) is -1.28. The van der Waals surface area contributed by atoms with E-state index in [2.05, 4.69) is 25.7 Å². The molecule has 5 nitrogen and oxygen atoms in total. The molecule has 29 heavy (non-hydrogen) atoms. The van der Waals surface area contributed by atoms with Gasteiger partial charge in [-0.3, -0.25) is 0 Å². The van der Waals surface area contributed by atoms with Crippen molar-refractivity contribution < 1.29 is 13.2 Å². The smallest absolute Gasteiger partial charge is 0.266 e. The van der Waals surface area contributed by atoms with Crippen molar-refractivity contribution >= 4 is 22.3 Å². The normalized spacial score (nSPS) is 15.7. The minimum absolute atomic E-state index is 0.186. The number of nitrogens with one attached hydrogen (secondary N) is 2. The largest absolute Gasteiger partial charge is 0.377 e. The molecule has 2 N–H and O–H groups in total. The van der Waals surface area contributed by atoms with Crippen LogP contribution in [0.5, 0.6) is 0 Å². The lowest BCUT2D eigenvalue weighted by atomic mass is 10.0. The van der Waals surface area contributed by atoms with E-state index in [4.69, 9.17) is 0 Å². The molecule has 0 unspecified atom stereocenters. The third-order valence-corrected chi connectivity index (χ3v) is 5.24. The van der Waals surface area contributed by atoms with Crippen molar-refractivity contribution in [2.75, 3.05) is 36.4 Å². The Morgan fingerprint density at radius 2 is 1.86 bits per heavy atom. The summed E-state index contributed by atoms with van der Waals surface area (Å²) in [6, 6.07) is 9.51. The highest BCUT2D eigenvalue weighted by atomic mass is 19.3. The molecule has 0 bridgehead atoms. The average Bonchev–Trinajstić information content (AvgIpc) is 2.74. The van der Waals surface area contributed by atoms with Crippen LogP contribution in [0.4, 0.5) is 24.5 Å². The van der Waals surface area contributed by atoms with E-state index in [0.29, 0.717) is 11.2 Å². The number of halogens is 3. The van der Waals surface area contributed by atoms with Gasteiger partial charge in [-0.05, 0) is 25.1 Å². The second-order valence-electron chi connectivity index (χ2n) is 7.11. The Hall–Kier alpha value is -2.87. The fraction of sp³-hybridized carbons (Fsp3) is 0.333. The highest BCUT2D eigenvalue weighted by Gasteiger charge is 2.20. The predicted molar refractivity (Wildman–Crippen MR) is 108 cm³/mol. The monoisotopic (exact) mass is 401 g/mol. The number of benzene rings is 2. The zero-order chi connectivity index (χ0) is 20.4. The number of aromatic nitrogens is 2. The molecule has 8 heteroatoms. The molecule has 1 fully saturated rings. The van der Waals surface area contributed by atoms with Crippen LogP contribution < -0.4 is 15.5 Å². The van der Waals surface area contributed by atoms with Gasteiger partial charge in [-0.15, -0.1) is 0 Å². The SMILES string of the molecule is C[C@@H](Nc1cnnc2ccc(N3CCNCC3)cc12)c1cccc(C(F)F)c1F. The number of hydrogen-bond acceptors (Lipinski definition) is 5. The Bertz CT molecular complexity index is 1000. The number of alkyl halides is 2. The van der Waals surface area contributed by atoms with E-state index in [1.165, 1.54) is 12.1 Å². The van der Waals surface area contributed by atoms with E-state index < -0.39 is 23.8 Å². The van der Waals surface area contributed by atoms with Gasteiger partial charge in [0.15, 0.2) is 0 Å². The van der Waals surface area contributed by atoms with Crippen molar-refractivity contribution in [3.8, 4) is 0 Å². The first-order valence-electron chi connectivity index (χ1n) is 9.58. The molecular formula is C21H22F3N5. The van der Waals surface area contributed by atoms with E-state index >= 15 is 0 Å². The van der Waals surface area contributed by atoms with Crippen molar-refractivity contribution in [3.63, 3.8) is 0 Å². The molecule has 2 aromatic carbocycles. The van der Waals surface area contributed by atoms with Crippen LogP contribution in [-0.4, -0.2) is 36.4 Å². The lowest BCUT2D eigenvalue weighted by Gasteiger charge is -2.29. The highest BCUT2D eigenvalue weighted by molar-refractivity contribution is 5.93. The maximum absolute atomic E-state index is 14.5. The maximum atomic E-state index is 14.5. The molecule has 3 aromatic rings. The summed E-state index contributed by atoms with van der Waals surface area (Å²) in [4.78, 5) is 2.29. The number of piperazine rings is 1. The number of hydrogen-bond donors (Lipinski definition) is 2. The van der Waals surface area contributed by atoms with Gasteiger partial charge >= 0.3 is 0 Å². The van der Waals surface area contributed by atoms with Crippen molar-refractivity contribution in [1.29, 1.82) is 0 Å². The Kier molecular flexibility index (Phi) is 5.53. The van der Waals surface area contributed by atoms with Gasteiger partial charge in [0.05, 0.1) is 29.0 Å². The summed E-state index contributed by atoms with van der Waals surface area (Å²) in [6.45, 7) is 5.41. The van der Waals surface area contributed by atoms with Crippen LogP contribution in [0.3, 0.4) is 0 Å². The number of nitrogens with zero attached hydrogens (tertiary/aromatic N) is 3. The molecule has 0 saturated carbocycles. The third kappa shape index (κ3) is 3.98. The molecular weight excluding hydrogens is 379 g/mol. The van der Waals surface area contributed by atoms with E-state index in [1.54, 1.807) is 13.1 Å². The van der Waals surface area contributed by atoms with Crippen molar-refractivity contribution in [2.24, 2.45) is 0 Å². The van der Waals surface area contributed by atoms with Crippen LogP contribution in [0.25, 0.3) is 10.9 Å². The lowest BCUT2D eigenvalue weighted by Crippen LogP contribution is -2.43. The minimum atomic E-state index is -2.85. The van der Waals surface area contributed by atoms with E-state index in [1.807, 2.05) is 18.2 Å². The summed E-state index contributed by atoms with van der Waals surface area (Å²) >= 11 is 0. The Balaban J connectivity index is 1.66. The van der Waals surface area contributed by atoms with Crippen molar-refractivity contribution in [3.05, 3.63) is 59.5 Å². The number of fused-ring (bicyclic) bond motifs is 1. The Morgan fingerprint density at radius 3 is 2.62 bits per heavy atom. The zero-order valence-electron chi connectivity index (χ0n) is 16.0. The second kappa shape index (κ2) is 8.24. The molecule has 1 aliphatic rings. The van der Waals surface area contributed by atoms with Gasteiger partial charge in [0.2, 0.25) is 0 Å². The molecule has 0 radical (unpaired) electrons. The zero-order valence-corrected chi connectivity index (χ0v) is 16.0. The first kappa shape index (κ1) is 19.4. The molecule has 1 aliphatic heterocycles. The Morgan fingerprint density at radius 1 is 1.10 bits per heavy atom. The molecule has 0 spiro atoms. The van der Waals surface area contributed by atoms with Gasteiger partial charge in [0, 0.05) is 42.8 Å². The summed E-state index contributed by atoms with van der Waals surface area (Å²) in [5, 5.41) is 15.6. The summed E-state index contributed by atoms with van der Waals surface area (Å²) in [7, 11) is 0. The predicted octanol–water partition coefficient (Wildman–Crippen LogP) is 4.29. The van der Waals surface area contributed by atoms with E-state index in [9.17, 15) is 13.2 Å². The molecule has 0 aliphatic carbocycles. The summed E-state index contributed by atoms with van der Waals surface area (Å²) < 4.78 is 40.6. The van der Waals surface area contributed by atoms with Gasteiger partial charge < -0.3 is 15.5 Å². The van der Waals surface area contributed by atoms with Crippen LogP contribution in [0.15, 0.2) is 42.6 Å². The topological polar surface area (TPSA) is 53.1 Å². The van der Waals surface area contributed by atoms with Gasteiger partial charge in [-0.1, -0.05) is 18.2 Å². The van der Waals surface area contributed by atoms with Gasteiger partial charge in [0.1, 0.15) is 5.82 Å². The van der Waals surface area contributed by atoms with Crippen LogP contribution in [0, 0.1) is 5.82 Å². The minimum Gasteiger partial charge on any atom is -0.377 e. The molecule has 0 amide bonds. The summed E-state index contributed by atoms with van der Waals surface area (Å²) in [5.41, 5.74) is 2.07. The molecule has 2 heterocycles. The Labute approximate surface area is 166 Å². The molecule has 1 atom stereocenters. The number of rotatable bonds is 5. The van der Waals surface area contributed by atoms with Gasteiger partial charge in [-0.25, -0.2) is 13.2 Å². The lowest BCUT2D eigenvalue weighted by molar-refractivity contribution is 0.146. The summed E-state index contributed by atoms with van der Waals surface area (Å²) in [5.74, 6) is -0.879. The molecule has 152 valence electrons. The first-order valence-corrected chi connectivity index (χ1v) is 9.58. The van der Waals surface area contributed by atoms with E-state index in [-0.39, 0.29) is 5.56 Å². The first-order chi connectivity index (χ1) is 14.0. The van der Waals surface area contributed by atoms with Crippen molar-refractivity contribution in [2.45, 2.75) is 19.4 Å². The van der Waals surface area contributed by atoms with Crippen LogP contribution >= 0.6 is 0 Å². The van der Waals surface area contributed by atoms with Crippen LogP contribution in [0.1, 0.15) is 30.5 Å². The second-order valence-corrected chi connectivity index (χ2v) is 7.11. The fourth-order valence-corrected chi connectivity index (χ4v) is 3.66. The third-order valence-electron chi connectivity index (χ3n) is 5.24. The number of anilines is 2. The molecule has 4 rings (SSSR count). The van der Waals surface area contributed by atoms with Crippen LogP contribution in [-0.2, 0) is 0 Å². The highest BCUT2D eigenvalue weighted by Crippen LogP contribution is 2.31.